The van der Waals surface area contributed by atoms with Crippen LogP contribution in [-0.4, -0.2) is 34.1 Å². The molecule has 1 rings (SSSR count). The van der Waals surface area contributed by atoms with Crippen molar-refractivity contribution >= 4 is 11.9 Å². The second kappa shape index (κ2) is 6.07. The van der Waals surface area contributed by atoms with E-state index in [4.69, 9.17) is 4.52 Å². The summed E-state index contributed by atoms with van der Waals surface area (Å²) in [5.74, 6) is -0.624. The first-order chi connectivity index (χ1) is 9.16. The molecular weight excluding hydrogens is 260 g/mol. The van der Waals surface area contributed by atoms with Crippen molar-refractivity contribution in [1.82, 2.24) is 10.1 Å². The number of aryl methyl sites for hydroxylation is 1. The van der Waals surface area contributed by atoms with Crippen molar-refractivity contribution in [2.75, 3.05) is 7.05 Å². The molecule has 1 atom stereocenters. The largest absolute Gasteiger partial charge is 0.481 e. The summed E-state index contributed by atoms with van der Waals surface area (Å²) in [6.07, 6.45) is -0.0344. The van der Waals surface area contributed by atoms with Gasteiger partial charge in [0, 0.05) is 19.5 Å². The lowest BCUT2D eigenvalue weighted by Crippen LogP contribution is -2.39. The van der Waals surface area contributed by atoms with E-state index in [1.807, 2.05) is 13.8 Å². The average molecular weight is 282 g/mol. The summed E-state index contributed by atoms with van der Waals surface area (Å²) < 4.78 is 4.94. The summed E-state index contributed by atoms with van der Waals surface area (Å²) in [6, 6.07) is 1.75. The summed E-state index contributed by atoms with van der Waals surface area (Å²) in [6.45, 7) is 7.30. The molecule has 0 aliphatic rings. The number of aromatic nitrogens is 1. The molecule has 0 aliphatic carbocycles. The Labute approximate surface area is 118 Å². The van der Waals surface area contributed by atoms with Gasteiger partial charge in [-0.25, -0.2) is 0 Å². The number of rotatable bonds is 6. The molecule has 1 aromatic heterocycles. The van der Waals surface area contributed by atoms with Crippen LogP contribution in [0.15, 0.2) is 10.6 Å². The molecule has 0 saturated heterocycles. The zero-order chi connectivity index (χ0) is 15.5. The van der Waals surface area contributed by atoms with E-state index in [1.54, 1.807) is 27.0 Å². The molecule has 20 heavy (non-hydrogen) atoms. The first kappa shape index (κ1) is 16.2. The van der Waals surface area contributed by atoms with Gasteiger partial charge in [0.2, 0.25) is 5.91 Å². The summed E-state index contributed by atoms with van der Waals surface area (Å²) >= 11 is 0. The standard InChI is InChI=1S/C14H22N2O4/c1-9(2)14(4,13(18)19)7-12(17)16(5)8-11-6-10(3)20-15-11/h6,9H,7-8H2,1-5H3,(H,18,19). The number of carboxylic acids is 1. The summed E-state index contributed by atoms with van der Waals surface area (Å²) in [7, 11) is 1.63. The number of hydrogen-bond donors (Lipinski definition) is 1. The van der Waals surface area contributed by atoms with Crippen LogP contribution in [0.5, 0.6) is 0 Å². The van der Waals surface area contributed by atoms with Crippen LogP contribution in [0.25, 0.3) is 0 Å². The maximum Gasteiger partial charge on any atom is 0.310 e. The van der Waals surface area contributed by atoms with Crippen LogP contribution < -0.4 is 0 Å². The summed E-state index contributed by atoms with van der Waals surface area (Å²) in [5, 5.41) is 13.1. The van der Waals surface area contributed by atoms with Crippen LogP contribution in [-0.2, 0) is 16.1 Å². The highest BCUT2D eigenvalue weighted by Crippen LogP contribution is 2.32. The highest BCUT2D eigenvalue weighted by Gasteiger charge is 2.39. The van der Waals surface area contributed by atoms with Crippen LogP contribution in [0.4, 0.5) is 0 Å². The molecule has 1 unspecified atom stereocenters. The molecule has 1 amide bonds. The predicted molar refractivity (Wildman–Crippen MR) is 72.9 cm³/mol. The van der Waals surface area contributed by atoms with Gasteiger partial charge in [-0.3, -0.25) is 9.59 Å². The molecule has 0 spiro atoms. The van der Waals surface area contributed by atoms with Crippen molar-refractivity contribution in [2.45, 2.75) is 40.7 Å². The first-order valence-corrected chi connectivity index (χ1v) is 6.56. The molecule has 112 valence electrons. The Morgan fingerprint density at radius 1 is 1.50 bits per heavy atom. The second-order valence-corrected chi connectivity index (χ2v) is 5.73. The third kappa shape index (κ3) is 3.59. The van der Waals surface area contributed by atoms with E-state index >= 15 is 0 Å². The zero-order valence-electron chi connectivity index (χ0n) is 12.6. The number of carboxylic acid groups (broad SMARTS) is 1. The van der Waals surface area contributed by atoms with Crippen molar-refractivity contribution < 1.29 is 19.2 Å². The molecule has 6 heteroatoms. The lowest BCUT2D eigenvalue weighted by atomic mass is 9.76. The van der Waals surface area contributed by atoms with Gasteiger partial charge in [0.15, 0.2) is 0 Å². The summed E-state index contributed by atoms with van der Waals surface area (Å²) in [4.78, 5) is 25.0. The van der Waals surface area contributed by atoms with Gasteiger partial charge in [-0.1, -0.05) is 19.0 Å². The van der Waals surface area contributed by atoms with Gasteiger partial charge in [-0.2, -0.15) is 0 Å². The number of hydrogen-bond acceptors (Lipinski definition) is 4. The second-order valence-electron chi connectivity index (χ2n) is 5.73. The Balaban J connectivity index is 2.72. The lowest BCUT2D eigenvalue weighted by Gasteiger charge is -2.30. The average Bonchev–Trinajstić information content (AvgIpc) is 2.73. The van der Waals surface area contributed by atoms with Gasteiger partial charge < -0.3 is 14.5 Å². The van der Waals surface area contributed by atoms with E-state index in [2.05, 4.69) is 5.16 Å². The van der Waals surface area contributed by atoms with Gasteiger partial charge in [-0.15, -0.1) is 0 Å². The third-order valence-corrected chi connectivity index (χ3v) is 3.78. The minimum Gasteiger partial charge on any atom is -0.481 e. The molecule has 0 saturated carbocycles. The Bertz CT molecular complexity index is 495. The normalized spacial score (nSPS) is 14.1. The number of carbonyl (C=O) groups is 2. The van der Waals surface area contributed by atoms with Gasteiger partial charge in [-0.05, 0) is 19.8 Å². The maximum atomic E-state index is 12.2. The first-order valence-electron chi connectivity index (χ1n) is 6.56. The van der Waals surface area contributed by atoms with Crippen molar-refractivity contribution in [2.24, 2.45) is 11.3 Å². The molecule has 6 nitrogen and oxygen atoms in total. The highest BCUT2D eigenvalue weighted by molar-refractivity contribution is 5.84. The van der Waals surface area contributed by atoms with E-state index < -0.39 is 11.4 Å². The molecule has 1 heterocycles. The summed E-state index contributed by atoms with van der Waals surface area (Å²) in [5.41, 5.74) is -0.412. The number of amides is 1. The Morgan fingerprint density at radius 2 is 2.10 bits per heavy atom. The highest BCUT2D eigenvalue weighted by atomic mass is 16.5. The number of nitrogens with zero attached hydrogens (tertiary/aromatic N) is 2. The third-order valence-electron chi connectivity index (χ3n) is 3.78. The van der Waals surface area contributed by atoms with E-state index in [9.17, 15) is 14.7 Å². The fourth-order valence-corrected chi connectivity index (χ4v) is 1.80. The Morgan fingerprint density at radius 3 is 2.50 bits per heavy atom. The van der Waals surface area contributed by atoms with Crippen molar-refractivity contribution in [3.05, 3.63) is 17.5 Å². The molecule has 1 N–H and O–H groups in total. The molecule has 0 aliphatic heterocycles. The number of carbonyl (C=O) groups excluding carboxylic acids is 1. The monoisotopic (exact) mass is 282 g/mol. The van der Waals surface area contributed by atoms with Crippen LogP contribution in [0, 0.1) is 18.3 Å². The van der Waals surface area contributed by atoms with Crippen molar-refractivity contribution in [3.63, 3.8) is 0 Å². The Hall–Kier alpha value is -1.85. The van der Waals surface area contributed by atoms with Crippen molar-refractivity contribution in [1.29, 1.82) is 0 Å². The predicted octanol–water partition coefficient (Wildman–Crippen LogP) is 2.08. The maximum absolute atomic E-state index is 12.2. The zero-order valence-corrected chi connectivity index (χ0v) is 12.6. The molecule has 0 aromatic carbocycles. The lowest BCUT2D eigenvalue weighted by molar-refractivity contribution is -0.155. The molecular formula is C14H22N2O4. The van der Waals surface area contributed by atoms with Crippen LogP contribution >= 0.6 is 0 Å². The topological polar surface area (TPSA) is 83.6 Å². The van der Waals surface area contributed by atoms with Crippen LogP contribution in [0.2, 0.25) is 0 Å². The molecule has 0 radical (unpaired) electrons. The SMILES string of the molecule is Cc1cc(CN(C)C(=O)CC(C)(C(=O)O)C(C)C)no1. The molecule has 1 aromatic rings. The van der Waals surface area contributed by atoms with Gasteiger partial charge in [0.05, 0.1) is 12.0 Å². The molecule has 0 fully saturated rings. The van der Waals surface area contributed by atoms with Gasteiger partial charge >= 0.3 is 5.97 Å². The minimum atomic E-state index is -1.06. The van der Waals surface area contributed by atoms with Crippen LogP contribution in [0.1, 0.15) is 38.6 Å². The van der Waals surface area contributed by atoms with E-state index in [1.165, 1.54) is 4.90 Å². The quantitative estimate of drug-likeness (QED) is 0.863. The van der Waals surface area contributed by atoms with E-state index in [0.29, 0.717) is 18.0 Å². The van der Waals surface area contributed by atoms with Gasteiger partial charge in [0.25, 0.3) is 0 Å². The van der Waals surface area contributed by atoms with E-state index in [-0.39, 0.29) is 18.2 Å². The van der Waals surface area contributed by atoms with Gasteiger partial charge in [0.1, 0.15) is 11.5 Å². The number of aliphatic carboxylic acids is 1. The van der Waals surface area contributed by atoms with E-state index in [0.717, 1.165) is 0 Å². The Kier molecular flexibility index (Phi) is 4.92. The van der Waals surface area contributed by atoms with Crippen LogP contribution in [0.3, 0.4) is 0 Å². The van der Waals surface area contributed by atoms with Crippen molar-refractivity contribution in [3.8, 4) is 0 Å². The molecule has 0 bridgehead atoms. The smallest absolute Gasteiger partial charge is 0.310 e. The minimum absolute atomic E-state index is 0.0344. The fourth-order valence-electron chi connectivity index (χ4n) is 1.80. The fraction of sp³-hybridized carbons (Fsp3) is 0.643.